The molecule has 146 valence electrons. The number of nitrogens with zero attached hydrogens (tertiary/aromatic N) is 1. The van der Waals surface area contributed by atoms with E-state index in [0.29, 0.717) is 19.1 Å². The topological polar surface area (TPSA) is 78.5 Å². The van der Waals surface area contributed by atoms with Crippen molar-refractivity contribution in [2.75, 3.05) is 30.6 Å². The Hall–Kier alpha value is -1.38. The van der Waals surface area contributed by atoms with Gasteiger partial charge in [0, 0.05) is 24.7 Å². The fourth-order valence-electron chi connectivity index (χ4n) is 3.06. The minimum atomic E-state index is -3.61. The van der Waals surface area contributed by atoms with Gasteiger partial charge in [0.1, 0.15) is 5.82 Å². The number of benzene rings is 1. The van der Waals surface area contributed by atoms with Gasteiger partial charge in [0.15, 0.2) is 0 Å². The lowest BCUT2D eigenvalue weighted by atomic mass is 10.0. The lowest BCUT2D eigenvalue weighted by Crippen LogP contribution is -2.45. The van der Waals surface area contributed by atoms with E-state index in [4.69, 9.17) is 0 Å². The second-order valence-corrected chi connectivity index (χ2v) is 8.74. The van der Waals surface area contributed by atoms with E-state index >= 15 is 0 Å². The first kappa shape index (κ1) is 20.9. The third kappa shape index (κ3) is 5.82. The Bertz CT molecular complexity index is 748. The number of amides is 1. The van der Waals surface area contributed by atoms with Gasteiger partial charge in [-0.3, -0.25) is 9.52 Å². The van der Waals surface area contributed by atoms with E-state index in [9.17, 15) is 17.6 Å². The molecule has 2 fully saturated rings. The number of anilines is 1. The Morgan fingerprint density at radius 2 is 1.88 bits per heavy atom. The number of hydrogen-bond donors (Lipinski definition) is 2. The van der Waals surface area contributed by atoms with E-state index in [2.05, 4.69) is 10.0 Å². The lowest BCUT2D eigenvalue weighted by Gasteiger charge is -2.32. The molecule has 0 atom stereocenters. The highest BCUT2D eigenvalue weighted by Gasteiger charge is 2.26. The van der Waals surface area contributed by atoms with Crippen LogP contribution < -0.4 is 10.0 Å². The van der Waals surface area contributed by atoms with Crippen LogP contribution in [0.3, 0.4) is 0 Å². The Balaban J connectivity index is 0.00000243. The molecular weight excluding hydrogens is 381 g/mol. The molecule has 1 aromatic carbocycles. The van der Waals surface area contributed by atoms with E-state index in [-0.39, 0.29) is 29.6 Å². The van der Waals surface area contributed by atoms with Crippen molar-refractivity contribution in [2.24, 2.45) is 5.92 Å². The summed E-state index contributed by atoms with van der Waals surface area (Å²) < 4.78 is 38.5. The van der Waals surface area contributed by atoms with Gasteiger partial charge in [-0.05, 0) is 56.3 Å². The van der Waals surface area contributed by atoms with Gasteiger partial charge >= 0.3 is 0 Å². The van der Waals surface area contributed by atoms with Crippen LogP contribution in [0.15, 0.2) is 18.2 Å². The van der Waals surface area contributed by atoms with Gasteiger partial charge < -0.3 is 10.2 Å². The van der Waals surface area contributed by atoms with Crippen LogP contribution >= 0.6 is 12.4 Å². The van der Waals surface area contributed by atoms with Crippen molar-refractivity contribution in [3.63, 3.8) is 0 Å². The first-order chi connectivity index (χ1) is 11.8. The van der Waals surface area contributed by atoms with Crippen LogP contribution in [-0.2, 0) is 10.0 Å². The van der Waals surface area contributed by atoms with Crippen molar-refractivity contribution in [3.05, 3.63) is 29.6 Å². The van der Waals surface area contributed by atoms with Crippen molar-refractivity contribution in [1.29, 1.82) is 0 Å². The van der Waals surface area contributed by atoms with Gasteiger partial charge in [0.05, 0.1) is 11.9 Å². The molecule has 9 heteroatoms. The monoisotopic (exact) mass is 405 g/mol. The number of carbonyl (C=O) groups excluding carboxylic acids is 1. The largest absolute Gasteiger partial charge is 0.339 e. The summed E-state index contributed by atoms with van der Waals surface area (Å²) >= 11 is 0. The number of likely N-dealkylation sites (tertiary alicyclic amines) is 1. The molecule has 1 heterocycles. The molecule has 6 nitrogen and oxygen atoms in total. The number of piperidine rings is 1. The third-order valence-electron chi connectivity index (χ3n) is 4.68. The van der Waals surface area contributed by atoms with Gasteiger partial charge in [-0.1, -0.05) is 0 Å². The zero-order valence-electron chi connectivity index (χ0n) is 14.7. The summed E-state index contributed by atoms with van der Waals surface area (Å²) in [6.45, 7) is 2.36. The summed E-state index contributed by atoms with van der Waals surface area (Å²) in [5.41, 5.74) is 0.0891. The number of hydrogen-bond acceptors (Lipinski definition) is 4. The van der Waals surface area contributed by atoms with Crippen LogP contribution in [0.1, 0.15) is 36.0 Å². The van der Waals surface area contributed by atoms with Gasteiger partial charge in [0.25, 0.3) is 5.91 Å². The second-order valence-electron chi connectivity index (χ2n) is 6.99. The molecule has 26 heavy (non-hydrogen) atoms. The molecule has 1 aliphatic carbocycles. The smallest absolute Gasteiger partial charge is 0.253 e. The molecule has 2 aliphatic rings. The minimum absolute atomic E-state index is 0. The first-order valence-electron chi connectivity index (χ1n) is 8.62. The Kier molecular flexibility index (Phi) is 6.87. The van der Waals surface area contributed by atoms with E-state index < -0.39 is 15.8 Å². The zero-order valence-corrected chi connectivity index (χ0v) is 16.3. The van der Waals surface area contributed by atoms with Crippen LogP contribution in [-0.4, -0.2) is 51.2 Å². The summed E-state index contributed by atoms with van der Waals surface area (Å²) in [7, 11) is -3.61. The van der Waals surface area contributed by atoms with Gasteiger partial charge in [-0.15, -0.1) is 12.4 Å². The number of nitrogens with one attached hydrogen (secondary N) is 2. The molecule has 1 aromatic rings. The Morgan fingerprint density at radius 3 is 2.46 bits per heavy atom. The van der Waals surface area contributed by atoms with Gasteiger partial charge in [0.2, 0.25) is 10.0 Å². The fourth-order valence-corrected chi connectivity index (χ4v) is 3.62. The van der Waals surface area contributed by atoms with Crippen molar-refractivity contribution in [1.82, 2.24) is 10.2 Å². The quantitative estimate of drug-likeness (QED) is 0.760. The van der Waals surface area contributed by atoms with Crippen LogP contribution in [0, 0.1) is 11.7 Å². The molecule has 1 saturated heterocycles. The molecule has 0 aromatic heterocycles. The Morgan fingerprint density at radius 1 is 1.23 bits per heavy atom. The van der Waals surface area contributed by atoms with Crippen LogP contribution in [0.25, 0.3) is 0 Å². The van der Waals surface area contributed by atoms with Crippen molar-refractivity contribution >= 4 is 34.0 Å². The van der Waals surface area contributed by atoms with Crippen molar-refractivity contribution in [3.8, 4) is 0 Å². The highest BCUT2D eigenvalue weighted by atomic mass is 35.5. The standard InChI is InChI=1S/C17H24FN3O3S.ClH/c1-25(23,24)20-16-10-13(4-5-15(16)18)17(22)21-8-6-14(7-9-21)19-11-12-2-3-12;/h4-5,10,12,14,19-20H,2-3,6-9,11H2,1H3;1H. The molecule has 1 saturated carbocycles. The molecule has 2 N–H and O–H groups in total. The Labute approximate surface area is 160 Å². The lowest BCUT2D eigenvalue weighted by molar-refractivity contribution is 0.0705. The number of halogens is 2. The van der Waals surface area contributed by atoms with E-state index in [1.807, 2.05) is 0 Å². The summed E-state index contributed by atoms with van der Waals surface area (Å²) in [5.74, 6) is -0.0678. The second kappa shape index (κ2) is 8.54. The molecule has 1 amide bonds. The fraction of sp³-hybridized carbons (Fsp3) is 0.588. The van der Waals surface area contributed by atoms with Gasteiger partial charge in [-0.2, -0.15) is 0 Å². The third-order valence-corrected chi connectivity index (χ3v) is 5.27. The summed E-state index contributed by atoms with van der Waals surface area (Å²) in [6.07, 6.45) is 5.38. The first-order valence-corrected chi connectivity index (χ1v) is 10.5. The summed E-state index contributed by atoms with van der Waals surface area (Å²) in [6, 6.07) is 4.21. The molecule has 1 aliphatic heterocycles. The maximum Gasteiger partial charge on any atom is 0.253 e. The van der Waals surface area contributed by atoms with E-state index in [0.717, 1.165) is 37.6 Å². The molecule has 0 unspecified atom stereocenters. The predicted octanol–water partition coefficient (Wildman–Crippen LogP) is 2.22. The minimum Gasteiger partial charge on any atom is -0.339 e. The maximum absolute atomic E-state index is 13.8. The normalized spacial score (nSPS) is 18.3. The highest BCUT2D eigenvalue weighted by molar-refractivity contribution is 7.92. The SMILES string of the molecule is CS(=O)(=O)Nc1cc(C(=O)N2CCC(NCC3CC3)CC2)ccc1F.Cl. The molecule has 0 radical (unpaired) electrons. The van der Waals surface area contributed by atoms with Crippen molar-refractivity contribution < 1.29 is 17.6 Å². The number of sulfonamides is 1. The highest BCUT2D eigenvalue weighted by Crippen LogP contribution is 2.28. The van der Waals surface area contributed by atoms with Gasteiger partial charge in [-0.25, -0.2) is 12.8 Å². The molecule has 0 bridgehead atoms. The molecular formula is C17H25ClFN3O3S. The van der Waals surface area contributed by atoms with E-state index in [1.54, 1.807) is 4.90 Å². The van der Waals surface area contributed by atoms with Crippen LogP contribution in [0.2, 0.25) is 0 Å². The zero-order chi connectivity index (χ0) is 18.0. The number of rotatable bonds is 6. The summed E-state index contributed by atoms with van der Waals surface area (Å²) in [5, 5.41) is 3.56. The van der Waals surface area contributed by atoms with Crippen molar-refractivity contribution in [2.45, 2.75) is 31.7 Å². The molecule has 3 rings (SSSR count). The molecule has 0 spiro atoms. The maximum atomic E-state index is 13.8. The van der Waals surface area contributed by atoms with E-state index in [1.165, 1.54) is 25.0 Å². The summed E-state index contributed by atoms with van der Waals surface area (Å²) in [4.78, 5) is 14.4. The predicted molar refractivity (Wildman–Crippen MR) is 102 cm³/mol. The van der Waals surface area contributed by atoms with Crippen LogP contribution in [0.4, 0.5) is 10.1 Å². The van der Waals surface area contributed by atoms with Crippen LogP contribution in [0.5, 0.6) is 0 Å². The number of carbonyl (C=O) groups is 1. The average molecular weight is 406 g/mol. The average Bonchev–Trinajstić information content (AvgIpc) is 3.38.